The predicted molar refractivity (Wildman–Crippen MR) is 94.0 cm³/mol. The lowest BCUT2D eigenvalue weighted by atomic mass is 10.2. The number of amides is 1. The lowest BCUT2D eigenvalue weighted by Crippen LogP contribution is -2.33. The van der Waals surface area contributed by atoms with Crippen molar-refractivity contribution in [2.45, 2.75) is 25.4 Å². The second kappa shape index (κ2) is 6.44. The number of rotatable bonds is 4. The maximum absolute atomic E-state index is 12.9. The van der Waals surface area contributed by atoms with Gasteiger partial charge in [0.2, 0.25) is 0 Å². The molecule has 1 saturated carbocycles. The smallest absolute Gasteiger partial charge is 0.255 e. The quantitative estimate of drug-likeness (QED) is 0.644. The Hall–Kier alpha value is -0.950. The number of nitrogens with zero attached hydrogens (tertiary/aromatic N) is 2. The maximum Gasteiger partial charge on any atom is 0.255 e. The fraction of sp³-hybridized carbons (Fsp3) is 0.250. The van der Waals surface area contributed by atoms with E-state index in [4.69, 9.17) is 0 Å². The Bertz CT molecular complexity index is 659. The summed E-state index contributed by atoms with van der Waals surface area (Å²) in [5.41, 5.74) is 1.69. The number of hydrogen-bond acceptors (Lipinski definition) is 2. The van der Waals surface area contributed by atoms with Gasteiger partial charge in [-0.2, -0.15) is 0 Å². The van der Waals surface area contributed by atoms with Crippen molar-refractivity contribution in [2.24, 2.45) is 0 Å². The zero-order valence-corrected chi connectivity index (χ0v) is 15.0. The fourth-order valence-electron chi connectivity index (χ4n) is 2.24. The van der Waals surface area contributed by atoms with Crippen LogP contribution >= 0.6 is 38.5 Å². The first kappa shape index (κ1) is 15.0. The van der Waals surface area contributed by atoms with Gasteiger partial charge in [-0.3, -0.25) is 9.78 Å². The van der Waals surface area contributed by atoms with Crippen molar-refractivity contribution in [3.05, 3.63) is 61.9 Å². The first-order chi connectivity index (χ1) is 10.1. The number of carbonyl (C=O) groups is 1. The molecule has 1 aromatic heterocycles. The lowest BCUT2D eigenvalue weighted by molar-refractivity contribution is 0.0726. The summed E-state index contributed by atoms with van der Waals surface area (Å²) in [6, 6.07) is 12.0. The van der Waals surface area contributed by atoms with E-state index in [1.54, 1.807) is 6.20 Å². The van der Waals surface area contributed by atoms with Crippen molar-refractivity contribution in [3.8, 4) is 0 Å². The Morgan fingerprint density at radius 1 is 1.33 bits per heavy atom. The van der Waals surface area contributed by atoms with Crippen molar-refractivity contribution in [1.82, 2.24) is 9.88 Å². The van der Waals surface area contributed by atoms with Crippen molar-refractivity contribution >= 4 is 44.4 Å². The summed E-state index contributed by atoms with van der Waals surface area (Å²) < 4.78 is 1.91. The highest BCUT2D eigenvalue weighted by molar-refractivity contribution is 14.1. The molecule has 0 spiro atoms. The molecule has 1 heterocycles. The van der Waals surface area contributed by atoms with E-state index < -0.39 is 0 Å². The molecule has 5 heteroatoms. The number of hydrogen-bond donors (Lipinski definition) is 0. The second-order valence-corrected chi connectivity index (χ2v) is 7.19. The van der Waals surface area contributed by atoms with Crippen LogP contribution in [-0.2, 0) is 6.54 Å². The van der Waals surface area contributed by atoms with Crippen LogP contribution in [0.15, 0.2) is 47.1 Å². The first-order valence-corrected chi connectivity index (χ1v) is 8.68. The molecule has 2 aromatic rings. The standard InChI is InChI=1S/C16H14BrIN2O/c17-11-4-7-15(18)14(9-11)16(21)20(13-5-6-13)10-12-3-1-2-8-19-12/h1-4,7-9,13H,5-6,10H2. The molecule has 0 N–H and O–H groups in total. The summed E-state index contributed by atoms with van der Waals surface area (Å²) in [4.78, 5) is 19.2. The van der Waals surface area contributed by atoms with E-state index in [0.29, 0.717) is 12.6 Å². The molecule has 1 aromatic carbocycles. The van der Waals surface area contributed by atoms with E-state index in [1.165, 1.54) is 0 Å². The van der Waals surface area contributed by atoms with E-state index >= 15 is 0 Å². The minimum atomic E-state index is 0.0915. The van der Waals surface area contributed by atoms with E-state index in [9.17, 15) is 4.79 Å². The van der Waals surface area contributed by atoms with Crippen LogP contribution in [0.4, 0.5) is 0 Å². The van der Waals surface area contributed by atoms with Crippen LogP contribution in [0.5, 0.6) is 0 Å². The number of halogens is 2. The first-order valence-electron chi connectivity index (χ1n) is 6.81. The molecule has 0 radical (unpaired) electrons. The van der Waals surface area contributed by atoms with Gasteiger partial charge in [-0.15, -0.1) is 0 Å². The van der Waals surface area contributed by atoms with E-state index in [0.717, 1.165) is 32.1 Å². The minimum absolute atomic E-state index is 0.0915. The molecule has 1 aliphatic carbocycles. The van der Waals surface area contributed by atoms with Gasteiger partial charge >= 0.3 is 0 Å². The average Bonchev–Trinajstić information content (AvgIpc) is 3.32. The fourth-order valence-corrected chi connectivity index (χ4v) is 3.16. The monoisotopic (exact) mass is 456 g/mol. The van der Waals surface area contributed by atoms with Gasteiger partial charge in [0, 0.05) is 20.3 Å². The topological polar surface area (TPSA) is 33.2 Å². The van der Waals surface area contributed by atoms with Crippen LogP contribution < -0.4 is 0 Å². The summed E-state index contributed by atoms with van der Waals surface area (Å²) in [6.45, 7) is 0.576. The number of carbonyl (C=O) groups excluding carboxylic acids is 1. The molecule has 0 unspecified atom stereocenters. The Morgan fingerprint density at radius 2 is 2.14 bits per heavy atom. The van der Waals surface area contributed by atoms with E-state index in [2.05, 4.69) is 43.5 Å². The number of aromatic nitrogens is 1. The average molecular weight is 457 g/mol. The Labute approximate surface area is 146 Å². The van der Waals surface area contributed by atoms with Gasteiger partial charge in [-0.25, -0.2) is 0 Å². The number of benzene rings is 1. The number of pyridine rings is 1. The van der Waals surface area contributed by atoms with Crippen LogP contribution in [-0.4, -0.2) is 21.8 Å². The van der Waals surface area contributed by atoms with Gasteiger partial charge in [-0.05, 0) is 65.8 Å². The maximum atomic E-state index is 12.9. The van der Waals surface area contributed by atoms with Gasteiger partial charge in [-0.1, -0.05) is 22.0 Å². The summed E-state index contributed by atoms with van der Waals surface area (Å²) in [6.07, 6.45) is 3.94. The van der Waals surface area contributed by atoms with Gasteiger partial charge in [0.15, 0.2) is 0 Å². The highest BCUT2D eigenvalue weighted by atomic mass is 127. The van der Waals surface area contributed by atoms with Gasteiger partial charge in [0.05, 0.1) is 17.8 Å². The van der Waals surface area contributed by atoms with Crippen LogP contribution in [0.3, 0.4) is 0 Å². The molecule has 108 valence electrons. The van der Waals surface area contributed by atoms with Crippen molar-refractivity contribution in [2.75, 3.05) is 0 Å². The molecule has 1 amide bonds. The molecule has 1 aliphatic rings. The SMILES string of the molecule is O=C(c1cc(Br)ccc1I)N(Cc1ccccn1)C1CC1. The molecule has 0 bridgehead atoms. The zero-order valence-electron chi connectivity index (χ0n) is 11.3. The molecule has 0 saturated heterocycles. The van der Waals surface area contributed by atoms with Gasteiger partial charge < -0.3 is 4.90 Å². The third-order valence-electron chi connectivity index (χ3n) is 3.47. The molecular formula is C16H14BrIN2O. The second-order valence-electron chi connectivity index (χ2n) is 5.11. The van der Waals surface area contributed by atoms with Gasteiger partial charge in [0.1, 0.15) is 0 Å². The molecule has 0 atom stereocenters. The van der Waals surface area contributed by atoms with Crippen LogP contribution in [0.25, 0.3) is 0 Å². The molecule has 1 fully saturated rings. The molecule has 3 rings (SSSR count). The van der Waals surface area contributed by atoms with E-state index in [1.807, 2.05) is 41.3 Å². The molecule has 0 aliphatic heterocycles. The Morgan fingerprint density at radius 3 is 2.81 bits per heavy atom. The van der Waals surface area contributed by atoms with Crippen LogP contribution in [0.2, 0.25) is 0 Å². The summed E-state index contributed by atoms with van der Waals surface area (Å²) in [7, 11) is 0. The normalized spacial score (nSPS) is 14.0. The molecule has 21 heavy (non-hydrogen) atoms. The lowest BCUT2D eigenvalue weighted by Gasteiger charge is -2.23. The van der Waals surface area contributed by atoms with Gasteiger partial charge in [0.25, 0.3) is 5.91 Å². The molecule has 3 nitrogen and oxygen atoms in total. The van der Waals surface area contributed by atoms with E-state index in [-0.39, 0.29) is 5.91 Å². The van der Waals surface area contributed by atoms with Crippen molar-refractivity contribution in [3.63, 3.8) is 0 Å². The zero-order chi connectivity index (χ0) is 14.8. The van der Waals surface area contributed by atoms with Crippen molar-refractivity contribution < 1.29 is 4.79 Å². The summed E-state index contributed by atoms with van der Waals surface area (Å²) >= 11 is 5.66. The Balaban J connectivity index is 1.87. The third kappa shape index (κ3) is 3.63. The summed E-state index contributed by atoms with van der Waals surface area (Å²) in [5.74, 6) is 0.0915. The highest BCUT2D eigenvalue weighted by Crippen LogP contribution is 2.31. The Kier molecular flexibility index (Phi) is 4.59. The third-order valence-corrected chi connectivity index (χ3v) is 4.90. The highest BCUT2D eigenvalue weighted by Gasteiger charge is 2.34. The predicted octanol–water partition coefficient (Wildman–Crippen LogP) is 4.25. The summed E-state index contributed by atoms with van der Waals surface area (Å²) in [5, 5.41) is 0. The van der Waals surface area contributed by atoms with Crippen molar-refractivity contribution in [1.29, 1.82) is 0 Å². The molecular weight excluding hydrogens is 443 g/mol. The largest absolute Gasteiger partial charge is 0.330 e. The van der Waals surface area contributed by atoms with Crippen LogP contribution in [0, 0.1) is 3.57 Å². The van der Waals surface area contributed by atoms with Crippen LogP contribution in [0.1, 0.15) is 28.9 Å². The minimum Gasteiger partial charge on any atom is -0.330 e.